The fraction of sp³-hybridized carbons (Fsp3) is 0.556. The molecule has 0 aromatic rings. The van der Waals surface area contributed by atoms with Crippen molar-refractivity contribution in [2.24, 2.45) is 5.92 Å². The number of carbonyl (C=O) groups is 2. The molecule has 1 aliphatic rings. The Bertz CT molecular complexity index is 250. The number of aliphatic carboxylic acids is 1. The van der Waals surface area contributed by atoms with Gasteiger partial charge in [0.2, 0.25) is 0 Å². The summed E-state index contributed by atoms with van der Waals surface area (Å²) in [4.78, 5) is 21.4. The predicted octanol–water partition coefficient (Wildman–Crippen LogP) is 0.970. The van der Waals surface area contributed by atoms with Crippen LogP contribution >= 0.6 is 0 Å². The maximum absolute atomic E-state index is 11.1. The Kier molecular flexibility index (Phi) is 3.06. The number of rotatable bonds is 4. The van der Waals surface area contributed by atoms with Crippen LogP contribution in [0.15, 0.2) is 11.6 Å². The number of carboxylic acid groups (broad SMARTS) is 1. The first-order chi connectivity index (χ1) is 6.13. The van der Waals surface area contributed by atoms with Crippen molar-refractivity contribution in [3.8, 4) is 0 Å². The normalized spacial score (nSPS) is 16.8. The highest BCUT2D eigenvalue weighted by atomic mass is 16.5. The fourth-order valence-electron chi connectivity index (χ4n) is 1.04. The van der Waals surface area contributed by atoms with E-state index in [2.05, 4.69) is 4.74 Å². The molecule has 0 aromatic heterocycles. The molecule has 0 spiro atoms. The van der Waals surface area contributed by atoms with Gasteiger partial charge >= 0.3 is 11.9 Å². The Hall–Kier alpha value is -1.32. The van der Waals surface area contributed by atoms with E-state index in [9.17, 15) is 9.59 Å². The molecule has 4 heteroatoms. The molecule has 0 bridgehead atoms. The van der Waals surface area contributed by atoms with Gasteiger partial charge in [0.05, 0.1) is 13.5 Å². The summed E-state index contributed by atoms with van der Waals surface area (Å²) in [6.07, 6.45) is 3.54. The average molecular weight is 184 g/mol. The Morgan fingerprint density at radius 3 is 2.54 bits per heavy atom. The number of hydrogen-bond acceptors (Lipinski definition) is 3. The Labute approximate surface area is 76.2 Å². The molecule has 72 valence electrons. The average Bonchev–Trinajstić information content (AvgIpc) is 2.85. The van der Waals surface area contributed by atoms with Gasteiger partial charge in [0, 0.05) is 5.57 Å². The van der Waals surface area contributed by atoms with E-state index in [4.69, 9.17) is 5.11 Å². The highest BCUT2D eigenvalue weighted by Crippen LogP contribution is 2.32. The Balaban J connectivity index is 2.62. The number of allylic oxidation sites excluding steroid dienone is 1. The number of carbonyl (C=O) groups excluding carboxylic acids is 1. The first-order valence-corrected chi connectivity index (χ1v) is 4.14. The number of esters is 1. The van der Waals surface area contributed by atoms with E-state index < -0.39 is 11.9 Å². The molecule has 1 rings (SSSR count). The van der Waals surface area contributed by atoms with Gasteiger partial charge in [-0.2, -0.15) is 0 Å². The maximum atomic E-state index is 11.1. The van der Waals surface area contributed by atoms with Gasteiger partial charge in [-0.3, -0.25) is 4.79 Å². The third kappa shape index (κ3) is 3.27. The van der Waals surface area contributed by atoms with E-state index in [1.165, 1.54) is 7.11 Å². The predicted molar refractivity (Wildman–Crippen MR) is 45.1 cm³/mol. The lowest BCUT2D eigenvalue weighted by molar-refractivity contribution is -0.141. The molecule has 0 aromatic carbocycles. The molecular formula is C9H12O4. The van der Waals surface area contributed by atoms with Crippen LogP contribution in [-0.4, -0.2) is 24.2 Å². The second-order valence-corrected chi connectivity index (χ2v) is 3.09. The van der Waals surface area contributed by atoms with Gasteiger partial charge in [-0.25, -0.2) is 4.79 Å². The van der Waals surface area contributed by atoms with Gasteiger partial charge < -0.3 is 9.84 Å². The molecular weight excluding hydrogens is 172 g/mol. The number of hydrogen-bond donors (Lipinski definition) is 1. The van der Waals surface area contributed by atoms with Crippen LogP contribution in [0.5, 0.6) is 0 Å². The zero-order chi connectivity index (χ0) is 9.84. The Morgan fingerprint density at radius 1 is 1.54 bits per heavy atom. The monoisotopic (exact) mass is 184 g/mol. The van der Waals surface area contributed by atoms with E-state index in [0.29, 0.717) is 5.92 Å². The van der Waals surface area contributed by atoms with Crippen LogP contribution in [0.1, 0.15) is 19.3 Å². The van der Waals surface area contributed by atoms with Crippen LogP contribution in [0, 0.1) is 5.92 Å². The van der Waals surface area contributed by atoms with Crippen LogP contribution in [-0.2, 0) is 14.3 Å². The van der Waals surface area contributed by atoms with Crippen molar-refractivity contribution in [2.75, 3.05) is 7.11 Å². The van der Waals surface area contributed by atoms with Gasteiger partial charge in [-0.15, -0.1) is 0 Å². The first kappa shape index (κ1) is 9.77. The van der Waals surface area contributed by atoms with Gasteiger partial charge in [0.1, 0.15) is 0 Å². The molecule has 13 heavy (non-hydrogen) atoms. The van der Waals surface area contributed by atoms with Gasteiger partial charge in [0.25, 0.3) is 0 Å². The van der Waals surface area contributed by atoms with Crippen LogP contribution < -0.4 is 0 Å². The van der Waals surface area contributed by atoms with Crippen LogP contribution in [0.2, 0.25) is 0 Å². The molecule has 4 nitrogen and oxygen atoms in total. The third-order valence-corrected chi connectivity index (χ3v) is 1.85. The highest BCUT2D eigenvalue weighted by molar-refractivity contribution is 5.93. The maximum Gasteiger partial charge on any atom is 0.334 e. The lowest BCUT2D eigenvalue weighted by atomic mass is 10.1. The molecule has 1 saturated carbocycles. The SMILES string of the molecule is COC(=O)/C(=C\C1CC1)CC(=O)O. The van der Waals surface area contributed by atoms with Crippen molar-refractivity contribution in [1.82, 2.24) is 0 Å². The van der Waals surface area contributed by atoms with Crippen molar-refractivity contribution in [3.05, 3.63) is 11.6 Å². The fourth-order valence-corrected chi connectivity index (χ4v) is 1.04. The molecule has 0 saturated heterocycles. The van der Waals surface area contributed by atoms with Gasteiger partial charge in [-0.1, -0.05) is 6.08 Å². The lowest BCUT2D eigenvalue weighted by Gasteiger charge is -2.01. The largest absolute Gasteiger partial charge is 0.481 e. The van der Waals surface area contributed by atoms with Crippen LogP contribution in [0.4, 0.5) is 0 Å². The summed E-state index contributed by atoms with van der Waals surface area (Å²) in [5, 5.41) is 8.51. The van der Waals surface area contributed by atoms with Crippen molar-refractivity contribution in [1.29, 1.82) is 0 Å². The van der Waals surface area contributed by atoms with Crippen molar-refractivity contribution in [3.63, 3.8) is 0 Å². The standard InChI is InChI=1S/C9H12O4/c1-13-9(12)7(5-8(10)11)4-6-2-3-6/h4,6H,2-3,5H2,1H3,(H,10,11)/b7-4-. The number of methoxy groups -OCH3 is 1. The van der Waals surface area contributed by atoms with Crippen molar-refractivity contribution >= 4 is 11.9 Å². The van der Waals surface area contributed by atoms with E-state index in [-0.39, 0.29) is 12.0 Å². The van der Waals surface area contributed by atoms with Crippen LogP contribution in [0.25, 0.3) is 0 Å². The number of ether oxygens (including phenoxy) is 1. The molecule has 1 N–H and O–H groups in total. The summed E-state index contributed by atoms with van der Waals surface area (Å²) in [6.45, 7) is 0. The van der Waals surface area contributed by atoms with Gasteiger partial charge in [0.15, 0.2) is 0 Å². The quantitative estimate of drug-likeness (QED) is 0.522. The lowest BCUT2D eigenvalue weighted by Crippen LogP contribution is -2.09. The van der Waals surface area contributed by atoms with E-state index in [1.807, 2.05) is 0 Å². The number of carboxylic acids is 1. The van der Waals surface area contributed by atoms with Gasteiger partial charge in [-0.05, 0) is 18.8 Å². The molecule has 1 aliphatic carbocycles. The third-order valence-electron chi connectivity index (χ3n) is 1.85. The second-order valence-electron chi connectivity index (χ2n) is 3.09. The first-order valence-electron chi connectivity index (χ1n) is 4.14. The summed E-state index contributed by atoms with van der Waals surface area (Å²) < 4.78 is 4.47. The van der Waals surface area contributed by atoms with Crippen molar-refractivity contribution in [2.45, 2.75) is 19.3 Å². The summed E-state index contributed by atoms with van der Waals surface area (Å²) in [5.74, 6) is -1.15. The minimum atomic E-state index is -1.00. The topological polar surface area (TPSA) is 63.6 Å². The highest BCUT2D eigenvalue weighted by Gasteiger charge is 2.23. The summed E-state index contributed by atoms with van der Waals surface area (Å²) in [5.41, 5.74) is 0.262. The minimum Gasteiger partial charge on any atom is -0.481 e. The molecule has 0 radical (unpaired) electrons. The molecule has 0 unspecified atom stereocenters. The molecule has 0 atom stereocenters. The summed E-state index contributed by atoms with van der Waals surface area (Å²) >= 11 is 0. The molecule has 0 heterocycles. The minimum absolute atomic E-state index is 0.247. The smallest absolute Gasteiger partial charge is 0.334 e. The zero-order valence-corrected chi connectivity index (χ0v) is 7.45. The molecule has 0 aliphatic heterocycles. The van der Waals surface area contributed by atoms with E-state index in [0.717, 1.165) is 12.8 Å². The second kappa shape index (κ2) is 4.07. The summed E-state index contributed by atoms with van der Waals surface area (Å²) in [6, 6.07) is 0. The Morgan fingerprint density at radius 2 is 2.15 bits per heavy atom. The summed E-state index contributed by atoms with van der Waals surface area (Å²) in [7, 11) is 1.25. The van der Waals surface area contributed by atoms with E-state index >= 15 is 0 Å². The molecule has 1 fully saturated rings. The van der Waals surface area contributed by atoms with Crippen molar-refractivity contribution < 1.29 is 19.4 Å². The van der Waals surface area contributed by atoms with Crippen LogP contribution in [0.3, 0.4) is 0 Å². The molecule has 0 amide bonds. The zero-order valence-electron chi connectivity index (χ0n) is 7.45. The van der Waals surface area contributed by atoms with E-state index in [1.54, 1.807) is 6.08 Å².